The third-order valence-corrected chi connectivity index (χ3v) is 2.64. The highest BCUT2D eigenvalue weighted by Gasteiger charge is 2.06. The van der Waals surface area contributed by atoms with E-state index in [1.54, 1.807) is 17.1 Å². The van der Waals surface area contributed by atoms with Crippen LogP contribution in [0.15, 0.2) is 12.4 Å². The lowest BCUT2D eigenvalue weighted by Crippen LogP contribution is -2.07. The number of nitrogens with two attached hydrogens (primary N) is 1. The van der Waals surface area contributed by atoms with Gasteiger partial charge in [-0.15, -0.1) is 10.2 Å². The van der Waals surface area contributed by atoms with Crippen molar-refractivity contribution in [3.8, 4) is 5.13 Å². The highest BCUT2D eigenvalue weighted by Crippen LogP contribution is 2.13. The van der Waals surface area contributed by atoms with Crippen molar-refractivity contribution >= 4 is 28.5 Å². The van der Waals surface area contributed by atoms with E-state index in [2.05, 4.69) is 15.3 Å². The maximum atomic E-state index is 5.46. The summed E-state index contributed by atoms with van der Waals surface area (Å²) in [5, 5.41) is 13.5. The molecule has 14 heavy (non-hydrogen) atoms. The lowest BCUT2D eigenvalue weighted by Gasteiger charge is -1.90. The number of thiocarbonyl (C=S) groups is 1. The summed E-state index contributed by atoms with van der Waals surface area (Å²) >= 11 is 6.28. The Labute approximate surface area is 89.6 Å². The standard InChI is InChI=1S/C7H7N5S2/c1-4-10-11-7(14-4)12-3-5(2-9-12)6(8)13/h2-3H,1H3,(H2,8,13). The first-order valence-electron chi connectivity index (χ1n) is 3.82. The van der Waals surface area contributed by atoms with Crippen LogP contribution >= 0.6 is 23.6 Å². The second-order valence-corrected chi connectivity index (χ2v) is 4.24. The van der Waals surface area contributed by atoms with E-state index in [-0.39, 0.29) is 0 Å². The van der Waals surface area contributed by atoms with Gasteiger partial charge in [0.15, 0.2) is 0 Å². The average Bonchev–Trinajstić information content (AvgIpc) is 2.70. The molecule has 0 aliphatic carbocycles. The first kappa shape index (κ1) is 9.22. The molecule has 5 nitrogen and oxygen atoms in total. The van der Waals surface area contributed by atoms with Gasteiger partial charge in [-0.3, -0.25) is 0 Å². The summed E-state index contributed by atoms with van der Waals surface area (Å²) in [5.74, 6) is 0. The van der Waals surface area contributed by atoms with E-state index in [0.29, 0.717) is 10.1 Å². The van der Waals surface area contributed by atoms with Crippen LogP contribution in [0.3, 0.4) is 0 Å². The van der Waals surface area contributed by atoms with Crippen molar-refractivity contribution in [3.63, 3.8) is 0 Å². The zero-order chi connectivity index (χ0) is 10.1. The Balaban J connectivity index is 2.38. The normalized spacial score (nSPS) is 10.4. The molecule has 0 spiro atoms. The molecular weight excluding hydrogens is 218 g/mol. The van der Waals surface area contributed by atoms with Crippen molar-refractivity contribution in [1.82, 2.24) is 20.0 Å². The third kappa shape index (κ3) is 1.64. The molecule has 0 saturated carbocycles. The van der Waals surface area contributed by atoms with Gasteiger partial charge in [-0.2, -0.15) is 5.10 Å². The van der Waals surface area contributed by atoms with Gasteiger partial charge in [0.05, 0.1) is 6.20 Å². The molecule has 2 N–H and O–H groups in total. The molecule has 2 rings (SSSR count). The van der Waals surface area contributed by atoms with Gasteiger partial charge < -0.3 is 5.73 Å². The van der Waals surface area contributed by atoms with E-state index >= 15 is 0 Å². The fraction of sp³-hybridized carbons (Fsp3) is 0.143. The number of hydrogen-bond acceptors (Lipinski definition) is 5. The number of nitrogens with zero attached hydrogens (tertiary/aromatic N) is 4. The summed E-state index contributed by atoms with van der Waals surface area (Å²) in [4.78, 5) is 0.331. The molecule has 0 atom stereocenters. The van der Waals surface area contributed by atoms with E-state index < -0.39 is 0 Å². The maximum Gasteiger partial charge on any atom is 0.232 e. The Morgan fingerprint density at radius 2 is 2.36 bits per heavy atom. The third-order valence-electron chi connectivity index (χ3n) is 1.58. The average molecular weight is 225 g/mol. The topological polar surface area (TPSA) is 69.6 Å². The summed E-state index contributed by atoms with van der Waals surface area (Å²) in [7, 11) is 0. The second-order valence-electron chi connectivity index (χ2n) is 2.64. The molecule has 2 heterocycles. The summed E-state index contributed by atoms with van der Waals surface area (Å²) in [5.41, 5.74) is 6.19. The molecule has 0 unspecified atom stereocenters. The maximum absolute atomic E-state index is 5.46. The van der Waals surface area contributed by atoms with Gasteiger partial charge in [0.2, 0.25) is 5.13 Å². The van der Waals surface area contributed by atoms with Crippen LogP contribution in [-0.2, 0) is 0 Å². The van der Waals surface area contributed by atoms with Gasteiger partial charge in [0, 0.05) is 11.8 Å². The van der Waals surface area contributed by atoms with Gasteiger partial charge in [-0.05, 0) is 6.92 Å². The van der Waals surface area contributed by atoms with E-state index in [1.165, 1.54) is 11.3 Å². The Kier molecular flexibility index (Phi) is 2.26. The molecule has 0 saturated heterocycles. The van der Waals surface area contributed by atoms with Crippen molar-refractivity contribution < 1.29 is 0 Å². The minimum atomic E-state index is 0.331. The molecular formula is C7H7N5S2. The highest BCUT2D eigenvalue weighted by molar-refractivity contribution is 7.80. The minimum absolute atomic E-state index is 0.331. The fourth-order valence-corrected chi connectivity index (χ4v) is 1.66. The van der Waals surface area contributed by atoms with Crippen molar-refractivity contribution in [1.29, 1.82) is 0 Å². The summed E-state index contributed by atoms with van der Waals surface area (Å²) < 4.78 is 1.61. The van der Waals surface area contributed by atoms with Crippen LogP contribution < -0.4 is 5.73 Å². The first-order chi connectivity index (χ1) is 6.66. The summed E-state index contributed by atoms with van der Waals surface area (Å²) in [6, 6.07) is 0. The summed E-state index contributed by atoms with van der Waals surface area (Å²) in [6.45, 7) is 1.89. The van der Waals surface area contributed by atoms with E-state index in [0.717, 1.165) is 10.6 Å². The van der Waals surface area contributed by atoms with Crippen molar-refractivity contribution in [2.45, 2.75) is 6.92 Å². The van der Waals surface area contributed by atoms with Gasteiger partial charge in [-0.25, -0.2) is 4.68 Å². The zero-order valence-electron chi connectivity index (χ0n) is 7.34. The van der Waals surface area contributed by atoms with Crippen molar-refractivity contribution in [2.75, 3.05) is 0 Å². The Hall–Kier alpha value is -1.34. The summed E-state index contributed by atoms with van der Waals surface area (Å²) in [6.07, 6.45) is 3.35. The SMILES string of the molecule is Cc1nnc(-n2cc(C(N)=S)cn2)s1. The Bertz CT molecular complexity index is 472. The highest BCUT2D eigenvalue weighted by atomic mass is 32.1. The number of aromatic nitrogens is 4. The molecule has 0 amide bonds. The Morgan fingerprint density at radius 3 is 2.86 bits per heavy atom. The molecule has 0 fully saturated rings. The quantitative estimate of drug-likeness (QED) is 0.761. The van der Waals surface area contributed by atoms with Crippen LogP contribution in [0.25, 0.3) is 5.13 Å². The molecule has 0 aliphatic rings. The van der Waals surface area contributed by atoms with Crippen LogP contribution in [-0.4, -0.2) is 25.0 Å². The first-order valence-corrected chi connectivity index (χ1v) is 5.04. The number of aryl methyl sites for hydroxylation is 1. The molecule has 2 aromatic heterocycles. The predicted molar refractivity (Wildman–Crippen MR) is 57.7 cm³/mol. The van der Waals surface area contributed by atoms with Gasteiger partial charge >= 0.3 is 0 Å². The van der Waals surface area contributed by atoms with Gasteiger partial charge in [0.25, 0.3) is 0 Å². The predicted octanol–water partition coefficient (Wildman–Crippen LogP) is 0.666. The van der Waals surface area contributed by atoms with Crippen LogP contribution in [0.1, 0.15) is 10.6 Å². The van der Waals surface area contributed by atoms with E-state index in [4.69, 9.17) is 18.0 Å². The Morgan fingerprint density at radius 1 is 1.57 bits per heavy atom. The van der Waals surface area contributed by atoms with Crippen LogP contribution in [0.4, 0.5) is 0 Å². The number of hydrogen-bond donors (Lipinski definition) is 1. The molecule has 7 heteroatoms. The van der Waals surface area contributed by atoms with E-state index in [1.807, 2.05) is 6.92 Å². The lowest BCUT2D eigenvalue weighted by molar-refractivity contribution is 0.843. The fourth-order valence-electron chi connectivity index (χ4n) is 0.933. The smallest absolute Gasteiger partial charge is 0.232 e. The van der Waals surface area contributed by atoms with Crippen LogP contribution in [0, 0.1) is 6.92 Å². The largest absolute Gasteiger partial charge is 0.389 e. The van der Waals surface area contributed by atoms with Crippen LogP contribution in [0.2, 0.25) is 0 Å². The second kappa shape index (κ2) is 3.43. The van der Waals surface area contributed by atoms with Gasteiger partial charge in [-0.1, -0.05) is 23.6 Å². The minimum Gasteiger partial charge on any atom is -0.389 e. The van der Waals surface area contributed by atoms with Crippen molar-refractivity contribution in [3.05, 3.63) is 23.0 Å². The molecule has 0 aromatic carbocycles. The zero-order valence-corrected chi connectivity index (χ0v) is 8.97. The molecule has 0 radical (unpaired) electrons. The number of rotatable bonds is 2. The van der Waals surface area contributed by atoms with Crippen molar-refractivity contribution in [2.24, 2.45) is 5.73 Å². The molecule has 2 aromatic rings. The molecule has 0 aliphatic heterocycles. The molecule has 72 valence electrons. The van der Waals surface area contributed by atoms with Crippen LogP contribution in [0.5, 0.6) is 0 Å². The van der Waals surface area contributed by atoms with Gasteiger partial charge in [0.1, 0.15) is 10.00 Å². The monoisotopic (exact) mass is 225 g/mol. The molecule has 0 bridgehead atoms. The van der Waals surface area contributed by atoms with E-state index in [9.17, 15) is 0 Å². The lowest BCUT2D eigenvalue weighted by atomic mass is 10.4.